The number of imidazole rings is 1. The minimum atomic E-state index is -0.326. The normalized spacial score (nSPS) is 10.8. The Morgan fingerprint density at radius 1 is 0.935 bits per heavy atom. The third-order valence-corrected chi connectivity index (χ3v) is 4.90. The van der Waals surface area contributed by atoms with Gasteiger partial charge in [0.25, 0.3) is 5.91 Å². The van der Waals surface area contributed by atoms with Gasteiger partial charge in [-0.3, -0.25) is 4.79 Å². The van der Waals surface area contributed by atoms with Crippen molar-refractivity contribution in [2.45, 2.75) is 6.61 Å². The highest BCUT2D eigenvalue weighted by Gasteiger charge is 2.16. The summed E-state index contributed by atoms with van der Waals surface area (Å²) in [6, 6.07) is 26.6. The van der Waals surface area contributed by atoms with Crippen LogP contribution < -0.4 is 10.1 Å². The summed E-state index contributed by atoms with van der Waals surface area (Å²) >= 11 is 0. The van der Waals surface area contributed by atoms with Crippen LogP contribution in [0.2, 0.25) is 0 Å². The molecule has 5 rings (SSSR count). The molecule has 1 amide bonds. The van der Waals surface area contributed by atoms with E-state index < -0.39 is 0 Å². The van der Waals surface area contributed by atoms with Crippen LogP contribution in [0, 0.1) is 0 Å². The molecule has 3 aromatic carbocycles. The van der Waals surface area contributed by atoms with E-state index in [4.69, 9.17) is 9.15 Å². The number of carbonyl (C=O) groups is 1. The highest BCUT2D eigenvalue weighted by molar-refractivity contribution is 6.03. The van der Waals surface area contributed by atoms with Crippen molar-refractivity contribution in [3.8, 4) is 17.1 Å². The molecule has 0 atom stereocenters. The highest BCUT2D eigenvalue weighted by atomic mass is 16.5. The Morgan fingerprint density at radius 2 is 1.71 bits per heavy atom. The summed E-state index contributed by atoms with van der Waals surface area (Å²) in [5, 5.41) is 2.87. The number of amides is 1. The van der Waals surface area contributed by atoms with Crippen molar-refractivity contribution in [1.29, 1.82) is 0 Å². The molecule has 2 heterocycles. The van der Waals surface area contributed by atoms with Gasteiger partial charge in [-0.05, 0) is 54.6 Å². The van der Waals surface area contributed by atoms with Gasteiger partial charge < -0.3 is 19.5 Å². The van der Waals surface area contributed by atoms with Crippen LogP contribution >= 0.6 is 0 Å². The number of carbonyl (C=O) groups excluding carboxylic acids is 1. The van der Waals surface area contributed by atoms with E-state index in [0.29, 0.717) is 11.3 Å². The number of nitrogens with zero attached hydrogens (tertiary/aromatic N) is 1. The second-order valence-corrected chi connectivity index (χ2v) is 7.01. The fourth-order valence-electron chi connectivity index (χ4n) is 3.32. The molecule has 31 heavy (non-hydrogen) atoms. The van der Waals surface area contributed by atoms with Crippen molar-refractivity contribution in [2.75, 3.05) is 5.32 Å². The van der Waals surface area contributed by atoms with Crippen LogP contribution in [0.1, 0.15) is 16.1 Å². The van der Waals surface area contributed by atoms with Crippen LogP contribution in [-0.2, 0) is 6.61 Å². The van der Waals surface area contributed by atoms with Gasteiger partial charge in [0.1, 0.15) is 18.2 Å². The molecule has 5 aromatic rings. The quantitative estimate of drug-likeness (QED) is 0.380. The molecule has 6 heteroatoms. The van der Waals surface area contributed by atoms with Gasteiger partial charge in [-0.25, -0.2) is 4.98 Å². The summed E-state index contributed by atoms with van der Waals surface area (Å²) in [6.07, 6.45) is 1.49. The lowest BCUT2D eigenvalue weighted by atomic mass is 10.2. The second-order valence-electron chi connectivity index (χ2n) is 7.01. The minimum Gasteiger partial charge on any atom is -0.489 e. The smallest absolute Gasteiger partial charge is 0.291 e. The third kappa shape index (κ3) is 4.04. The van der Waals surface area contributed by atoms with Gasteiger partial charge in [-0.15, -0.1) is 0 Å². The number of H-pyrrole nitrogens is 1. The standard InChI is InChI=1S/C25H19N3O3/c29-25(23-18(14-15-30-23)16-31-20-6-2-1-3-7-20)26-19-12-10-17(11-13-19)24-27-21-8-4-5-9-22(21)28-24/h1-15H,16H2,(H,26,29)(H,27,28). The molecule has 0 aliphatic heterocycles. The van der Waals surface area contributed by atoms with Crippen molar-refractivity contribution < 1.29 is 13.9 Å². The predicted octanol–water partition coefficient (Wildman–Crippen LogP) is 5.65. The minimum absolute atomic E-state index is 0.234. The van der Waals surface area contributed by atoms with E-state index in [0.717, 1.165) is 28.2 Å². The Bertz CT molecular complexity index is 1290. The van der Waals surface area contributed by atoms with E-state index >= 15 is 0 Å². The fourth-order valence-corrected chi connectivity index (χ4v) is 3.32. The molecule has 2 N–H and O–H groups in total. The summed E-state index contributed by atoms with van der Waals surface area (Å²) < 4.78 is 11.1. The number of furan rings is 1. The van der Waals surface area contributed by atoms with Gasteiger partial charge in [0.2, 0.25) is 0 Å². The summed E-state index contributed by atoms with van der Waals surface area (Å²) in [4.78, 5) is 20.6. The van der Waals surface area contributed by atoms with Crippen LogP contribution in [-0.4, -0.2) is 15.9 Å². The number of hydrogen-bond donors (Lipinski definition) is 2. The van der Waals surface area contributed by atoms with Crippen LogP contribution in [0.5, 0.6) is 5.75 Å². The van der Waals surface area contributed by atoms with Crippen LogP contribution in [0.15, 0.2) is 95.6 Å². The highest BCUT2D eigenvalue weighted by Crippen LogP contribution is 2.23. The van der Waals surface area contributed by atoms with E-state index in [2.05, 4.69) is 15.3 Å². The molecule has 0 radical (unpaired) electrons. The molecule has 0 aliphatic rings. The van der Waals surface area contributed by atoms with E-state index in [1.165, 1.54) is 6.26 Å². The van der Waals surface area contributed by atoms with E-state index in [9.17, 15) is 4.79 Å². The SMILES string of the molecule is O=C(Nc1ccc(-c2nc3ccccc3[nH]2)cc1)c1occc1COc1ccccc1. The fraction of sp³-hybridized carbons (Fsp3) is 0.0400. The first kappa shape index (κ1) is 18.7. The average molecular weight is 409 g/mol. The summed E-state index contributed by atoms with van der Waals surface area (Å²) in [6.45, 7) is 0.244. The molecule has 0 fully saturated rings. The van der Waals surface area contributed by atoms with Gasteiger partial charge in [0.05, 0.1) is 17.3 Å². The number of ether oxygens (including phenoxy) is 1. The number of hydrogen-bond acceptors (Lipinski definition) is 4. The van der Waals surface area contributed by atoms with Crippen LogP contribution in [0.25, 0.3) is 22.4 Å². The number of aromatic nitrogens is 2. The molecule has 0 unspecified atom stereocenters. The summed E-state index contributed by atoms with van der Waals surface area (Å²) in [7, 11) is 0. The maximum absolute atomic E-state index is 12.7. The molecule has 152 valence electrons. The molecule has 0 bridgehead atoms. The number of rotatable bonds is 6. The Kier molecular flexibility index (Phi) is 4.94. The number of fused-ring (bicyclic) bond motifs is 1. The predicted molar refractivity (Wildman–Crippen MR) is 119 cm³/mol. The number of aromatic amines is 1. The van der Waals surface area contributed by atoms with Gasteiger partial charge in [-0.2, -0.15) is 0 Å². The molecular weight excluding hydrogens is 390 g/mol. The van der Waals surface area contributed by atoms with Gasteiger partial charge in [0, 0.05) is 16.8 Å². The maximum atomic E-state index is 12.7. The van der Waals surface area contributed by atoms with Crippen molar-refractivity contribution >= 4 is 22.6 Å². The first-order valence-electron chi connectivity index (χ1n) is 9.87. The number of para-hydroxylation sites is 3. The van der Waals surface area contributed by atoms with E-state index in [1.54, 1.807) is 6.07 Å². The number of anilines is 1. The second kappa shape index (κ2) is 8.20. The lowest BCUT2D eigenvalue weighted by Crippen LogP contribution is -2.13. The van der Waals surface area contributed by atoms with E-state index in [-0.39, 0.29) is 18.3 Å². The van der Waals surface area contributed by atoms with Crippen molar-refractivity contribution in [3.05, 3.63) is 103 Å². The Hall–Kier alpha value is -4.32. The third-order valence-electron chi connectivity index (χ3n) is 4.90. The zero-order valence-electron chi connectivity index (χ0n) is 16.5. The topological polar surface area (TPSA) is 80.2 Å². The lowest BCUT2D eigenvalue weighted by molar-refractivity contribution is 0.0993. The maximum Gasteiger partial charge on any atom is 0.291 e. The molecule has 6 nitrogen and oxygen atoms in total. The average Bonchev–Trinajstić information content (AvgIpc) is 3.46. The van der Waals surface area contributed by atoms with E-state index in [1.807, 2.05) is 78.9 Å². The largest absolute Gasteiger partial charge is 0.489 e. The van der Waals surface area contributed by atoms with Crippen LogP contribution in [0.3, 0.4) is 0 Å². The first-order valence-corrected chi connectivity index (χ1v) is 9.87. The molecular formula is C25H19N3O3. The Balaban J connectivity index is 1.27. The molecule has 0 aliphatic carbocycles. The van der Waals surface area contributed by atoms with Gasteiger partial charge >= 0.3 is 0 Å². The molecule has 0 saturated heterocycles. The van der Waals surface area contributed by atoms with Gasteiger partial charge in [-0.1, -0.05) is 30.3 Å². The number of nitrogens with one attached hydrogen (secondary N) is 2. The van der Waals surface area contributed by atoms with Crippen molar-refractivity contribution in [2.24, 2.45) is 0 Å². The monoisotopic (exact) mass is 409 g/mol. The Morgan fingerprint density at radius 3 is 2.52 bits per heavy atom. The van der Waals surface area contributed by atoms with Crippen molar-refractivity contribution in [3.63, 3.8) is 0 Å². The van der Waals surface area contributed by atoms with Gasteiger partial charge in [0.15, 0.2) is 5.76 Å². The van der Waals surface area contributed by atoms with Crippen LogP contribution in [0.4, 0.5) is 5.69 Å². The summed E-state index contributed by atoms with van der Waals surface area (Å²) in [5.74, 6) is 1.42. The molecule has 0 saturated carbocycles. The summed E-state index contributed by atoms with van der Waals surface area (Å²) in [5.41, 5.74) is 4.18. The molecule has 0 spiro atoms. The zero-order chi connectivity index (χ0) is 21.0. The zero-order valence-corrected chi connectivity index (χ0v) is 16.5. The molecule has 2 aromatic heterocycles. The first-order chi connectivity index (χ1) is 15.3. The van der Waals surface area contributed by atoms with Crippen molar-refractivity contribution in [1.82, 2.24) is 9.97 Å². The number of benzene rings is 3. The Labute approximate surface area is 178 Å². The lowest BCUT2D eigenvalue weighted by Gasteiger charge is -2.08.